The SMILES string of the molecule is NCc1ccc(-c2nc(C3(c4ccccc4)CC3)no2)o1. The fraction of sp³-hybridized carbons (Fsp3) is 0.250. The van der Waals surface area contributed by atoms with Crippen molar-refractivity contribution in [3.63, 3.8) is 0 Å². The highest BCUT2D eigenvalue weighted by Crippen LogP contribution is 2.52. The molecule has 0 atom stereocenters. The first-order valence-electron chi connectivity index (χ1n) is 7.01. The maximum absolute atomic E-state index is 5.55. The van der Waals surface area contributed by atoms with E-state index in [1.165, 1.54) is 5.56 Å². The molecule has 2 aromatic heterocycles. The minimum absolute atomic E-state index is 0.0910. The molecule has 1 aromatic carbocycles. The van der Waals surface area contributed by atoms with E-state index < -0.39 is 0 Å². The van der Waals surface area contributed by atoms with Crippen molar-refractivity contribution in [2.45, 2.75) is 24.8 Å². The summed E-state index contributed by atoms with van der Waals surface area (Å²) >= 11 is 0. The molecule has 0 amide bonds. The summed E-state index contributed by atoms with van der Waals surface area (Å²) in [7, 11) is 0. The number of furan rings is 1. The van der Waals surface area contributed by atoms with Gasteiger partial charge in [0.1, 0.15) is 5.76 Å². The van der Waals surface area contributed by atoms with Gasteiger partial charge in [0, 0.05) is 0 Å². The number of nitrogens with two attached hydrogens (primary N) is 1. The third kappa shape index (κ3) is 1.97. The molecule has 21 heavy (non-hydrogen) atoms. The number of benzene rings is 1. The molecule has 0 aliphatic heterocycles. The monoisotopic (exact) mass is 281 g/mol. The molecule has 0 spiro atoms. The fourth-order valence-electron chi connectivity index (χ4n) is 2.64. The van der Waals surface area contributed by atoms with E-state index in [4.69, 9.17) is 14.7 Å². The van der Waals surface area contributed by atoms with E-state index in [0.717, 1.165) is 18.7 Å². The highest BCUT2D eigenvalue weighted by molar-refractivity contribution is 5.46. The molecule has 0 radical (unpaired) electrons. The molecular formula is C16H15N3O2. The van der Waals surface area contributed by atoms with Crippen LogP contribution < -0.4 is 5.73 Å². The van der Waals surface area contributed by atoms with Gasteiger partial charge in [0.15, 0.2) is 11.6 Å². The Labute approximate surface area is 121 Å². The lowest BCUT2D eigenvalue weighted by Gasteiger charge is -2.09. The molecule has 1 aliphatic rings. The third-order valence-corrected chi connectivity index (χ3v) is 4.00. The molecule has 3 aromatic rings. The molecule has 1 saturated carbocycles. The van der Waals surface area contributed by atoms with Crippen LogP contribution in [-0.2, 0) is 12.0 Å². The van der Waals surface area contributed by atoms with Crippen LogP contribution in [-0.4, -0.2) is 10.1 Å². The summed E-state index contributed by atoms with van der Waals surface area (Å²) in [6.45, 7) is 0.356. The number of hydrogen-bond acceptors (Lipinski definition) is 5. The average molecular weight is 281 g/mol. The first kappa shape index (κ1) is 12.3. The van der Waals surface area contributed by atoms with E-state index in [0.29, 0.717) is 24.0 Å². The van der Waals surface area contributed by atoms with Crippen LogP contribution >= 0.6 is 0 Å². The summed E-state index contributed by atoms with van der Waals surface area (Å²) in [5.74, 6) is 2.41. The van der Waals surface area contributed by atoms with E-state index >= 15 is 0 Å². The molecule has 5 heteroatoms. The minimum atomic E-state index is -0.0910. The van der Waals surface area contributed by atoms with Crippen LogP contribution in [0.4, 0.5) is 0 Å². The van der Waals surface area contributed by atoms with Gasteiger partial charge in [-0.25, -0.2) is 0 Å². The number of rotatable bonds is 4. The van der Waals surface area contributed by atoms with Gasteiger partial charge in [0.25, 0.3) is 5.89 Å². The van der Waals surface area contributed by atoms with Crippen LogP contribution in [0.5, 0.6) is 0 Å². The highest BCUT2D eigenvalue weighted by Gasteiger charge is 2.50. The zero-order chi connectivity index (χ0) is 14.3. The van der Waals surface area contributed by atoms with Crippen molar-refractivity contribution < 1.29 is 8.94 Å². The summed E-state index contributed by atoms with van der Waals surface area (Å²) < 4.78 is 10.9. The van der Waals surface area contributed by atoms with Gasteiger partial charge in [-0.2, -0.15) is 4.98 Å². The Hall–Kier alpha value is -2.40. The van der Waals surface area contributed by atoms with Gasteiger partial charge in [-0.3, -0.25) is 0 Å². The Kier molecular flexibility index (Phi) is 2.68. The summed E-state index contributed by atoms with van der Waals surface area (Å²) in [5, 5.41) is 4.16. The Bertz CT molecular complexity index is 757. The molecule has 1 aliphatic carbocycles. The van der Waals surface area contributed by atoms with E-state index in [1.807, 2.05) is 30.3 Å². The van der Waals surface area contributed by atoms with Crippen molar-refractivity contribution in [2.75, 3.05) is 0 Å². The Morgan fingerprint density at radius 3 is 2.57 bits per heavy atom. The van der Waals surface area contributed by atoms with Crippen LogP contribution in [0.3, 0.4) is 0 Å². The topological polar surface area (TPSA) is 78.1 Å². The van der Waals surface area contributed by atoms with Crippen LogP contribution in [0, 0.1) is 0 Å². The molecule has 5 nitrogen and oxygen atoms in total. The lowest BCUT2D eigenvalue weighted by molar-refractivity contribution is 0.401. The average Bonchev–Trinajstić information content (AvgIpc) is 2.99. The van der Waals surface area contributed by atoms with E-state index in [-0.39, 0.29) is 5.41 Å². The van der Waals surface area contributed by atoms with Crippen molar-refractivity contribution in [1.29, 1.82) is 0 Å². The number of hydrogen-bond donors (Lipinski definition) is 1. The van der Waals surface area contributed by atoms with Crippen molar-refractivity contribution in [2.24, 2.45) is 5.73 Å². The smallest absolute Gasteiger partial charge is 0.293 e. The van der Waals surface area contributed by atoms with Gasteiger partial charge in [-0.15, -0.1) is 0 Å². The van der Waals surface area contributed by atoms with Crippen molar-refractivity contribution in [3.8, 4) is 11.7 Å². The van der Waals surface area contributed by atoms with Crippen molar-refractivity contribution >= 4 is 0 Å². The molecule has 1 fully saturated rings. The van der Waals surface area contributed by atoms with Gasteiger partial charge in [-0.1, -0.05) is 35.5 Å². The zero-order valence-electron chi connectivity index (χ0n) is 11.5. The molecule has 4 rings (SSSR count). The second kappa shape index (κ2) is 4.56. The van der Waals surface area contributed by atoms with E-state index in [1.54, 1.807) is 0 Å². The number of nitrogens with zero attached hydrogens (tertiary/aromatic N) is 2. The molecule has 0 unspecified atom stereocenters. The van der Waals surface area contributed by atoms with Crippen molar-refractivity contribution in [1.82, 2.24) is 10.1 Å². The molecule has 2 heterocycles. The molecule has 2 N–H and O–H groups in total. The van der Waals surface area contributed by atoms with Crippen LogP contribution in [0.1, 0.15) is 30.0 Å². The first-order chi connectivity index (χ1) is 10.3. The Morgan fingerprint density at radius 1 is 1.10 bits per heavy atom. The first-order valence-corrected chi connectivity index (χ1v) is 7.01. The third-order valence-electron chi connectivity index (χ3n) is 4.00. The maximum Gasteiger partial charge on any atom is 0.293 e. The second-order valence-corrected chi connectivity index (χ2v) is 5.34. The quantitative estimate of drug-likeness (QED) is 0.795. The van der Waals surface area contributed by atoms with Gasteiger partial charge in [0.05, 0.1) is 12.0 Å². The van der Waals surface area contributed by atoms with Gasteiger partial charge in [0.2, 0.25) is 0 Å². The summed E-state index contributed by atoms with van der Waals surface area (Å²) in [5.41, 5.74) is 6.69. The summed E-state index contributed by atoms with van der Waals surface area (Å²) in [6, 6.07) is 13.9. The Balaban J connectivity index is 1.69. The van der Waals surface area contributed by atoms with E-state index in [2.05, 4.69) is 22.3 Å². The molecule has 0 bridgehead atoms. The van der Waals surface area contributed by atoms with Crippen LogP contribution in [0.25, 0.3) is 11.7 Å². The zero-order valence-corrected chi connectivity index (χ0v) is 11.5. The standard InChI is InChI=1S/C16H15N3O2/c17-10-12-6-7-13(20-12)14-18-15(19-21-14)16(8-9-16)11-4-2-1-3-5-11/h1-7H,8-10,17H2. The molecule has 0 saturated heterocycles. The van der Waals surface area contributed by atoms with E-state index in [9.17, 15) is 0 Å². The maximum atomic E-state index is 5.55. The highest BCUT2D eigenvalue weighted by atomic mass is 16.5. The second-order valence-electron chi connectivity index (χ2n) is 5.34. The van der Waals surface area contributed by atoms with Crippen LogP contribution in [0.15, 0.2) is 51.4 Å². The number of aromatic nitrogens is 2. The predicted octanol–water partition coefficient (Wildman–Crippen LogP) is 2.87. The lowest BCUT2D eigenvalue weighted by Crippen LogP contribution is -2.10. The largest absolute Gasteiger partial charge is 0.455 e. The van der Waals surface area contributed by atoms with Crippen LogP contribution in [0.2, 0.25) is 0 Å². The van der Waals surface area contributed by atoms with Gasteiger partial charge >= 0.3 is 0 Å². The van der Waals surface area contributed by atoms with Gasteiger partial charge < -0.3 is 14.7 Å². The Morgan fingerprint density at radius 2 is 1.90 bits per heavy atom. The van der Waals surface area contributed by atoms with Gasteiger partial charge in [-0.05, 0) is 30.5 Å². The van der Waals surface area contributed by atoms with Crippen molar-refractivity contribution in [3.05, 3.63) is 59.6 Å². The lowest BCUT2D eigenvalue weighted by atomic mass is 9.95. The summed E-state index contributed by atoms with van der Waals surface area (Å²) in [6.07, 6.45) is 2.09. The molecule has 106 valence electrons. The minimum Gasteiger partial charge on any atom is -0.455 e. The molecular weight excluding hydrogens is 266 g/mol. The predicted molar refractivity (Wildman–Crippen MR) is 76.3 cm³/mol. The fourth-order valence-corrected chi connectivity index (χ4v) is 2.64. The summed E-state index contributed by atoms with van der Waals surface area (Å²) in [4.78, 5) is 4.53. The normalized spacial score (nSPS) is 16.0.